The van der Waals surface area contributed by atoms with Crippen LogP contribution < -0.4 is 0 Å². The molecule has 0 aliphatic carbocycles. The number of Topliss-reactive ketones (excluding diaryl/α,β-unsaturated/α-hetero) is 1. The topological polar surface area (TPSA) is 26.3 Å². The average Bonchev–Trinajstić information content (AvgIpc) is 2.16. The van der Waals surface area contributed by atoms with Gasteiger partial charge in [0.25, 0.3) is 0 Å². The number of carbonyl (C=O) groups excluding carboxylic acids is 1. The first-order valence-corrected chi connectivity index (χ1v) is 5.42. The van der Waals surface area contributed by atoms with Gasteiger partial charge in [-0.3, -0.25) is 4.79 Å². The third-order valence-corrected chi connectivity index (χ3v) is 2.67. The Kier molecular flexibility index (Phi) is 5.06. The smallest absolute Gasteiger partial charge is 0.133 e. The number of carbonyl (C=O) groups is 1. The van der Waals surface area contributed by atoms with Gasteiger partial charge in [-0.15, -0.1) is 0 Å². The van der Waals surface area contributed by atoms with Crippen molar-refractivity contribution in [3.05, 3.63) is 0 Å². The van der Waals surface area contributed by atoms with E-state index in [1.807, 2.05) is 0 Å². The van der Waals surface area contributed by atoms with E-state index in [4.69, 9.17) is 4.74 Å². The number of rotatable bonds is 5. The van der Waals surface area contributed by atoms with Crippen LogP contribution >= 0.6 is 0 Å². The lowest BCUT2D eigenvalue weighted by Gasteiger charge is -2.21. The molecule has 0 radical (unpaired) electrons. The minimum Gasteiger partial charge on any atom is -0.381 e. The van der Waals surface area contributed by atoms with Crippen LogP contribution in [0.2, 0.25) is 0 Å². The molecule has 1 rings (SSSR count). The molecular formula is C11H20O2. The van der Waals surface area contributed by atoms with Gasteiger partial charge in [0.1, 0.15) is 5.78 Å². The van der Waals surface area contributed by atoms with E-state index in [0.29, 0.717) is 11.7 Å². The van der Waals surface area contributed by atoms with Crippen molar-refractivity contribution >= 4 is 5.78 Å². The number of unbranched alkanes of at least 4 members (excludes halogenated alkanes) is 1. The first kappa shape index (κ1) is 10.7. The molecule has 1 saturated heterocycles. The summed E-state index contributed by atoms with van der Waals surface area (Å²) in [7, 11) is 0. The van der Waals surface area contributed by atoms with Crippen LogP contribution in [-0.4, -0.2) is 19.0 Å². The van der Waals surface area contributed by atoms with Gasteiger partial charge in [-0.25, -0.2) is 0 Å². The molecule has 0 aromatic carbocycles. The Morgan fingerprint density at radius 1 is 1.38 bits per heavy atom. The van der Waals surface area contributed by atoms with E-state index in [-0.39, 0.29) is 0 Å². The van der Waals surface area contributed by atoms with E-state index < -0.39 is 0 Å². The SMILES string of the molecule is CCCCC(=O)CC1CCOCC1. The summed E-state index contributed by atoms with van der Waals surface area (Å²) in [5.74, 6) is 1.06. The molecule has 0 saturated carbocycles. The van der Waals surface area contributed by atoms with Gasteiger partial charge in [-0.2, -0.15) is 0 Å². The van der Waals surface area contributed by atoms with Gasteiger partial charge in [0.2, 0.25) is 0 Å². The quantitative estimate of drug-likeness (QED) is 0.656. The molecule has 0 N–H and O–H groups in total. The molecule has 1 fully saturated rings. The molecule has 0 amide bonds. The Balaban J connectivity index is 2.11. The highest BCUT2D eigenvalue weighted by molar-refractivity contribution is 5.78. The van der Waals surface area contributed by atoms with E-state index in [1.165, 1.54) is 0 Å². The zero-order valence-electron chi connectivity index (χ0n) is 8.55. The number of hydrogen-bond acceptors (Lipinski definition) is 2. The molecule has 13 heavy (non-hydrogen) atoms. The van der Waals surface area contributed by atoms with Crippen LogP contribution in [0.25, 0.3) is 0 Å². The minimum atomic E-state index is 0.453. The van der Waals surface area contributed by atoms with Crippen molar-refractivity contribution in [3.63, 3.8) is 0 Å². The van der Waals surface area contributed by atoms with E-state index in [1.54, 1.807) is 0 Å². The molecule has 0 bridgehead atoms. The maximum Gasteiger partial charge on any atom is 0.133 e. The Morgan fingerprint density at radius 3 is 2.69 bits per heavy atom. The van der Waals surface area contributed by atoms with Gasteiger partial charge >= 0.3 is 0 Å². The normalized spacial score (nSPS) is 18.8. The van der Waals surface area contributed by atoms with Crippen LogP contribution in [-0.2, 0) is 9.53 Å². The Hall–Kier alpha value is -0.370. The molecule has 1 aliphatic heterocycles. The predicted molar refractivity (Wildman–Crippen MR) is 52.7 cm³/mol. The Morgan fingerprint density at radius 2 is 2.08 bits per heavy atom. The molecular weight excluding hydrogens is 164 g/mol. The minimum absolute atomic E-state index is 0.453. The van der Waals surface area contributed by atoms with Crippen molar-refractivity contribution in [1.82, 2.24) is 0 Å². The summed E-state index contributed by atoms with van der Waals surface area (Å²) in [6.45, 7) is 3.83. The van der Waals surface area contributed by atoms with Crippen LogP contribution in [0.1, 0.15) is 45.4 Å². The van der Waals surface area contributed by atoms with E-state index in [2.05, 4.69) is 6.92 Å². The molecule has 0 atom stereocenters. The lowest BCUT2D eigenvalue weighted by Crippen LogP contribution is -2.18. The van der Waals surface area contributed by atoms with Crippen LogP contribution in [0.3, 0.4) is 0 Å². The summed E-state index contributed by atoms with van der Waals surface area (Å²) < 4.78 is 5.25. The summed E-state index contributed by atoms with van der Waals surface area (Å²) in [6, 6.07) is 0. The van der Waals surface area contributed by atoms with Gasteiger partial charge in [-0.1, -0.05) is 13.3 Å². The third kappa shape index (κ3) is 4.41. The standard InChI is InChI=1S/C11H20O2/c1-2-3-4-11(12)9-10-5-7-13-8-6-10/h10H,2-9H2,1H3. The lowest BCUT2D eigenvalue weighted by atomic mass is 9.93. The zero-order chi connectivity index (χ0) is 9.52. The predicted octanol–water partition coefficient (Wildman–Crippen LogP) is 2.56. The Bertz CT molecular complexity index is 148. The van der Waals surface area contributed by atoms with E-state index in [0.717, 1.165) is 51.7 Å². The van der Waals surface area contributed by atoms with Gasteiger partial charge in [0.15, 0.2) is 0 Å². The maximum atomic E-state index is 11.4. The summed E-state index contributed by atoms with van der Waals surface area (Å²) in [5.41, 5.74) is 0. The molecule has 2 nitrogen and oxygen atoms in total. The lowest BCUT2D eigenvalue weighted by molar-refractivity contribution is -0.120. The summed E-state index contributed by atoms with van der Waals surface area (Å²) in [6.07, 6.45) is 5.93. The van der Waals surface area contributed by atoms with Crippen LogP contribution in [0.5, 0.6) is 0 Å². The molecule has 0 spiro atoms. The number of ketones is 1. The molecule has 0 aromatic heterocycles. The second-order valence-electron chi connectivity index (χ2n) is 3.90. The summed E-state index contributed by atoms with van der Waals surface area (Å²) >= 11 is 0. The average molecular weight is 184 g/mol. The van der Waals surface area contributed by atoms with E-state index >= 15 is 0 Å². The zero-order valence-corrected chi connectivity index (χ0v) is 8.55. The second-order valence-corrected chi connectivity index (χ2v) is 3.90. The van der Waals surface area contributed by atoms with Crippen LogP contribution in [0.4, 0.5) is 0 Å². The molecule has 1 heterocycles. The summed E-state index contributed by atoms with van der Waals surface area (Å²) in [4.78, 5) is 11.4. The molecule has 2 heteroatoms. The molecule has 0 aromatic rings. The first-order valence-electron chi connectivity index (χ1n) is 5.42. The Labute approximate surface area is 80.7 Å². The van der Waals surface area contributed by atoms with Gasteiger partial charge in [0.05, 0.1) is 0 Å². The number of ether oxygens (including phenoxy) is 1. The maximum absolute atomic E-state index is 11.4. The van der Waals surface area contributed by atoms with Gasteiger partial charge in [0, 0.05) is 26.1 Å². The fourth-order valence-electron chi connectivity index (χ4n) is 1.75. The monoisotopic (exact) mass is 184 g/mol. The summed E-state index contributed by atoms with van der Waals surface area (Å²) in [5, 5.41) is 0. The highest BCUT2D eigenvalue weighted by Gasteiger charge is 2.16. The third-order valence-electron chi connectivity index (χ3n) is 2.67. The van der Waals surface area contributed by atoms with Gasteiger partial charge in [-0.05, 0) is 25.2 Å². The highest BCUT2D eigenvalue weighted by Crippen LogP contribution is 2.19. The molecule has 1 aliphatic rings. The fourth-order valence-corrected chi connectivity index (χ4v) is 1.75. The van der Waals surface area contributed by atoms with Crippen molar-refractivity contribution in [2.24, 2.45) is 5.92 Å². The second kappa shape index (κ2) is 6.14. The van der Waals surface area contributed by atoms with E-state index in [9.17, 15) is 4.79 Å². The largest absolute Gasteiger partial charge is 0.381 e. The van der Waals surface area contributed by atoms with Crippen molar-refractivity contribution in [3.8, 4) is 0 Å². The van der Waals surface area contributed by atoms with Crippen molar-refractivity contribution < 1.29 is 9.53 Å². The molecule has 76 valence electrons. The van der Waals surface area contributed by atoms with Gasteiger partial charge < -0.3 is 4.74 Å². The van der Waals surface area contributed by atoms with Crippen molar-refractivity contribution in [1.29, 1.82) is 0 Å². The first-order chi connectivity index (χ1) is 6.33. The van der Waals surface area contributed by atoms with Crippen LogP contribution in [0.15, 0.2) is 0 Å². The van der Waals surface area contributed by atoms with Crippen LogP contribution in [0, 0.1) is 5.92 Å². The fraction of sp³-hybridized carbons (Fsp3) is 0.909. The number of hydrogen-bond donors (Lipinski definition) is 0. The van der Waals surface area contributed by atoms with Crippen molar-refractivity contribution in [2.45, 2.75) is 45.4 Å². The highest BCUT2D eigenvalue weighted by atomic mass is 16.5. The molecule has 0 unspecified atom stereocenters. The van der Waals surface area contributed by atoms with Crippen molar-refractivity contribution in [2.75, 3.05) is 13.2 Å².